The van der Waals surface area contributed by atoms with E-state index in [4.69, 9.17) is 9.72 Å². The largest absolute Gasteiger partial charge is 0.494 e. The lowest BCUT2D eigenvalue weighted by molar-refractivity contribution is -0.136. The van der Waals surface area contributed by atoms with Crippen molar-refractivity contribution in [1.29, 1.82) is 0 Å². The number of halogens is 1. The normalized spacial score (nSPS) is 20.3. The van der Waals surface area contributed by atoms with Crippen LogP contribution in [0, 0.1) is 11.7 Å². The van der Waals surface area contributed by atoms with Crippen LogP contribution in [-0.2, 0) is 9.59 Å². The minimum atomic E-state index is -1.00. The molecule has 270 valence electrons. The quantitative estimate of drug-likeness (QED) is 0.183. The van der Waals surface area contributed by atoms with E-state index in [1.807, 2.05) is 12.1 Å². The van der Waals surface area contributed by atoms with E-state index in [1.54, 1.807) is 29.5 Å². The molecule has 4 heterocycles. The SMILES string of the molecule is COc1cc2nc(C3CCC(CN(C)CCNc4cccc5c4C(=O)N(C4CCC(=O)NC4=O)C5=O)CC3)sc2cc1NC(=O)c1cncc(F)c1. The van der Waals surface area contributed by atoms with Gasteiger partial charge in [-0.1, -0.05) is 6.07 Å². The number of carbonyl (C=O) groups excluding carboxylic acids is 5. The van der Waals surface area contributed by atoms with Gasteiger partial charge < -0.3 is 20.3 Å². The summed E-state index contributed by atoms with van der Waals surface area (Å²) in [5.74, 6) is -1.83. The summed E-state index contributed by atoms with van der Waals surface area (Å²) in [6.07, 6.45) is 6.68. The summed E-state index contributed by atoms with van der Waals surface area (Å²) in [5, 5.41) is 9.43. The molecule has 15 heteroatoms. The van der Waals surface area contributed by atoms with Gasteiger partial charge in [-0.05, 0) is 69.3 Å². The van der Waals surface area contributed by atoms with Gasteiger partial charge in [-0.15, -0.1) is 11.3 Å². The van der Waals surface area contributed by atoms with Gasteiger partial charge >= 0.3 is 0 Å². The standard InChI is InChI=1S/C37H38FN7O6S/c1-44(13-12-40-25-5-3-4-24-32(25)37(50)45(36(24)49)28-10-11-31(46)43-34(28)48)19-20-6-8-21(9-7-20)35-42-27-15-29(51-2)26(16-30(27)52-35)41-33(47)22-14-23(38)18-39-17-22/h3-5,14-18,20-21,28,40H,6-13,19H2,1-2H3,(H,41,47)(H,43,46,48). The fourth-order valence-electron chi connectivity index (χ4n) is 7.31. The molecule has 1 unspecified atom stereocenters. The molecule has 3 N–H and O–H groups in total. The molecular weight excluding hydrogens is 690 g/mol. The Morgan fingerprint density at radius 2 is 1.87 bits per heavy atom. The highest BCUT2D eigenvalue weighted by molar-refractivity contribution is 7.18. The number of anilines is 2. The fourth-order valence-corrected chi connectivity index (χ4v) is 8.47. The molecule has 2 aromatic carbocycles. The molecule has 13 nitrogen and oxygen atoms in total. The predicted octanol–water partition coefficient (Wildman–Crippen LogP) is 4.81. The summed E-state index contributed by atoms with van der Waals surface area (Å²) in [6.45, 7) is 2.19. The molecule has 52 heavy (non-hydrogen) atoms. The van der Waals surface area contributed by atoms with Crippen LogP contribution in [0.2, 0.25) is 0 Å². The molecule has 1 aliphatic carbocycles. The molecule has 0 bridgehead atoms. The van der Waals surface area contributed by atoms with Crippen LogP contribution in [0.4, 0.5) is 15.8 Å². The zero-order valence-corrected chi connectivity index (χ0v) is 29.6. The van der Waals surface area contributed by atoms with E-state index >= 15 is 0 Å². The highest BCUT2D eigenvalue weighted by Gasteiger charge is 2.45. The van der Waals surface area contributed by atoms with Gasteiger partial charge in [-0.2, -0.15) is 0 Å². The van der Waals surface area contributed by atoms with Crippen LogP contribution in [0.1, 0.15) is 80.5 Å². The predicted molar refractivity (Wildman–Crippen MR) is 192 cm³/mol. The van der Waals surface area contributed by atoms with E-state index in [0.717, 1.165) is 71.2 Å². The number of nitrogens with zero attached hydrogens (tertiary/aromatic N) is 4. The minimum Gasteiger partial charge on any atom is -0.494 e. The van der Waals surface area contributed by atoms with Crippen LogP contribution in [0.25, 0.3) is 10.2 Å². The van der Waals surface area contributed by atoms with Crippen LogP contribution in [0.3, 0.4) is 0 Å². The zero-order valence-electron chi connectivity index (χ0n) is 28.7. The average Bonchev–Trinajstić information content (AvgIpc) is 3.66. The Morgan fingerprint density at radius 3 is 2.62 bits per heavy atom. The van der Waals surface area contributed by atoms with Crippen molar-refractivity contribution in [2.75, 3.05) is 44.4 Å². The first kappa shape index (κ1) is 35.1. The molecule has 2 fully saturated rings. The third-order valence-electron chi connectivity index (χ3n) is 9.98. The first-order valence-electron chi connectivity index (χ1n) is 17.3. The van der Waals surface area contributed by atoms with Crippen molar-refractivity contribution in [3.8, 4) is 5.75 Å². The number of piperidine rings is 1. The number of amides is 5. The number of pyridine rings is 1. The van der Waals surface area contributed by atoms with Crippen molar-refractivity contribution >= 4 is 62.5 Å². The summed E-state index contributed by atoms with van der Waals surface area (Å²) in [4.78, 5) is 75.3. The van der Waals surface area contributed by atoms with Crippen LogP contribution in [-0.4, -0.2) is 89.1 Å². The first-order chi connectivity index (χ1) is 25.1. The second-order valence-electron chi connectivity index (χ2n) is 13.5. The number of methoxy groups -OCH3 is 1. The molecule has 2 aliphatic heterocycles. The lowest BCUT2D eigenvalue weighted by Crippen LogP contribution is -2.54. The number of hydrogen-bond acceptors (Lipinski definition) is 11. The molecule has 4 aromatic rings. The lowest BCUT2D eigenvalue weighted by Gasteiger charge is -2.30. The second-order valence-corrected chi connectivity index (χ2v) is 14.6. The van der Waals surface area contributed by atoms with E-state index in [0.29, 0.717) is 35.5 Å². The number of likely N-dealkylation sites (N-methyl/N-ethyl adjacent to an activating group) is 1. The minimum absolute atomic E-state index is 0.0726. The smallest absolute Gasteiger partial charge is 0.264 e. The topological polar surface area (TPSA) is 163 Å². The number of ether oxygens (including phenoxy) is 1. The average molecular weight is 728 g/mol. The summed E-state index contributed by atoms with van der Waals surface area (Å²) >= 11 is 1.61. The van der Waals surface area contributed by atoms with E-state index in [-0.39, 0.29) is 29.5 Å². The maximum Gasteiger partial charge on any atom is 0.264 e. The fraction of sp³-hybridized carbons (Fsp3) is 0.378. The number of nitrogens with one attached hydrogen (secondary N) is 3. The van der Waals surface area contributed by atoms with Crippen LogP contribution < -0.4 is 20.7 Å². The maximum absolute atomic E-state index is 13.6. The monoisotopic (exact) mass is 727 g/mol. The van der Waals surface area contributed by atoms with Crippen molar-refractivity contribution in [2.45, 2.75) is 50.5 Å². The number of thiazole rings is 1. The summed E-state index contributed by atoms with van der Waals surface area (Å²) in [7, 11) is 3.60. The van der Waals surface area contributed by atoms with Gasteiger partial charge in [0.25, 0.3) is 17.7 Å². The highest BCUT2D eigenvalue weighted by Crippen LogP contribution is 2.41. The molecule has 1 saturated heterocycles. The van der Waals surface area contributed by atoms with E-state index < -0.39 is 41.4 Å². The molecule has 7 rings (SSSR count). The molecule has 1 saturated carbocycles. The Labute approximate surface area is 302 Å². The molecule has 0 radical (unpaired) electrons. The number of imide groups is 2. The number of hydrogen-bond donors (Lipinski definition) is 3. The Kier molecular flexibility index (Phi) is 9.97. The van der Waals surface area contributed by atoms with Crippen LogP contribution >= 0.6 is 11.3 Å². The molecule has 0 spiro atoms. The number of aromatic nitrogens is 2. The Bertz CT molecular complexity index is 2080. The molecule has 5 amide bonds. The summed E-state index contributed by atoms with van der Waals surface area (Å²) < 4.78 is 20.1. The number of benzene rings is 2. The van der Waals surface area contributed by atoms with Gasteiger partial charge in [0.05, 0.1) is 50.9 Å². The lowest BCUT2D eigenvalue weighted by atomic mass is 9.82. The van der Waals surface area contributed by atoms with Crippen molar-refractivity contribution < 1.29 is 33.1 Å². The van der Waals surface area contributed by atoms with Crippen LogP contribution in [0.5, 0.6) is 5.75 Å². The zero-order chi connectivity index (χ0) is 36.5. The van der Waals surface area contributed by atoms with Crippen molar-refractivity contribution in [1.82, 2.24) is 25.1 Å². The maximum atomic E-state index is 13.6. The molecule has 2 aromatic heterocycles. The van der Waals surface area contributed by atoms with Gasteiger partial charge in [-0.25, -0.2) is 9.37 Å². The van der Waals surface area contributed by atoms with Gasteiger partial charge in [0.15, 0.2) is 0 Å². The third-order valence-corrected chi connectivity index (χ3v) is 11.2. The summed E-state index contributed by atoms with van der Waals surface area (Å²) in [5.41, 5.74) is 2.45. The van der Waals surface area contributed by atoms with Crippen molar-refractivity contribution in [2.24, 2.45) is 5.92 Å². The van der Waals surface area contributed by atoms with Crippen molar-refractivity contribution in [3.63, 3.8) is 0 Å². The van der Waals surface area contributed by atoms with E-state index in [2.05, 4.69) is 32.9 Å². The first-order valence-corrected chi connectivity index (χ1v) is 18.1. The molecular formula is C37H38FN7O6S. The van der Waals surface area contributed by atoms with Crippen LogP contribution in [0.15, 0.2) is 48.8 Å². The molecule has 3 aliphatic rings. The van der Waals surface area contributed by atoms with E-state index in [9.17, 15) is 28.4 Å². The van der Waals surface area contributed by atoms with E-state index in [1.165, 1.54) is 13.3 Å². The van der Waals surface area contributed by atoms with Crippen molar-refractivity contribution in [3.05, 3.63) is 76.3 Å². The molecule has 1 atom stereocenters. The number of fused-ring (bicyclic) bond motifs is 2. The van der Waals surface area contributed by atoms with Gasteiger partial charge in [0, 0.05) is 49.9 Å². The van der Waals surface area contributed by atoms with Gasteiger partial charge in [0.2, 0.25) is 11.8 Å². The summed E-state index contributed by atoms with van der Waals surface area (Å²) in [6, 6.07) is 8.86. The Balaban J connectivity index is 0.911. The number of carbonyl (C=O) groups is 5. The third kappa shape index (κ3) is 7.10. The Hall–Kier alpha value is -5.28. The van der Waals surface area contributed by atoms with Gasteiger partial charge in [-0.3, -0.25) is 39.2 Å². The second kappa shape index (κ2) is 14.8. The van der Waals surface area contributed by atoms with Gasteiger partial charge in [0.1, 0.15) is 17.6 Å². The number of rotatable bonds is 11. The Morgan fingerprint density at radius 1 is 1.06 bits per heavy atom. The highest BCUT2D eigenvalue weighted by atomic mass is 32.1.